The van der Waals surface area contributed by atoms with Gasteiger partial charge in [-0.15, -0.1) is 0 Å². The second-order valence-corrected chi connectivity index (χ2v) is 7.37. The van der Waals surface area contributed by atoms with Crippen LogP contribution in [-0.2, 0) is 9.59 Å². The monoisotopic (exact) mass is 471 g/mol. The molecule has 152 valence electrons. The SMILES string of the molecule is COc1ccc(/C(O)=C2/C(=O)C(=O)N(c3cccc(F)c3)C2c2ccco2)cc1Br. The van der Waals surface area contributed by atoms with Gasteiger partial charge in [0, 0.05) is 11.3 Å². The van der Waals surface area contributed by atoms with Crippen molar-refractivity contribution in [2.45, 2.75) is 6.04 Å². The van der Waals surface area contributed by atoms with Gasteiger partial charge in [-0.3, -0.25) is 14.5 Å². The number of ether oxygens (including phenoxy) is 1. The number of furan rings is 1. The maximum Gasteiger partial charge on any atom is 0.300 e. The van der Waals surface area contributed by atoms with E-state index in [0.29, 0.717) is 15.8 Å². The number of carbonyl (C=O) groups excluding carboxylic acids is 2. The molecule has 4 rings (SSSR count). The maximum absolute atomic E-state index is 13.8. The normalized spacial score (nSPS) is 18.1. The Morgan fingerprint density at radius 1 is 1.17 bits per heavy atom. The summed E-state index contributed by atoms with van der Waals surface area (Å²) in [6.45, 7) is 0. The number of methoxy groups -OCH3 is 1. The highest BCUT2D eigenvalue weighted by atomic mass is 79.9. The first-order chi connectivity index (χ1) is 14.4. The highest BCUT2D eigenvalue weighted by Crippen LogP contribution is 2.42. The molecule has 1 unspecified atom stereocenters. The van der Waals surface area contributed by atoms with Gasteiger partial charge in [0.1, 0.15) is 29.1 Å². The fourth-order valence-electron chi connectivity index (χ4n) is 3.41. The number of nitrogens with zero attached hydrogens (tertiary/aromatic N) is 1. The third-order valence-electron chi connectivity index (χ3n) is 4.77. The number of anilines is 1. The van der Waals surface area contributed by atoms with Crippen molar-refractivity contribution in [1.29, 1.82) is 0 Å². The second kappa shape index (κ2) is 7.79. The number of carbonyl (C=O) groups is 2. The van der Waals surface area contributed by atoms with Gasteiger partial charge in [0.15, 0.2) is 0 Å². The topological polar surface area (TPSA) is 80.0 Å². The van der Waals surface area contributed by atoms with Crippen molar-refractivity contribution >= 4 is 39.1 Å². The van der Waals surface area contributed by atoms with Crippen molar-refractivity contribution in [1.82, 2.24) is 0 Å². The summed E-state index contributed by atoms with van der Waals surface area (Å²) in [5.74, 6) is -1.94. The Balaban J connectivity index is 1.92. The molecule has 1 fully saturated rings. The van der Waals surface area contributed by atoms with Crippen LogP contribution in [0.2, 0.25) is 0 Å². The smallest absolute Gasteiger partial charge is 0.300 e. The highest BCUT2D eigenvalue weighted by Gasteiger charge is 2.48. The Labute approximate surface area is 179 Å². The fourth-order valence-corrected chi connectivity index (χ4v) is 3.95. The molecule has 1 amide bonds. The van der Waals surface area contributed by atoms with E-state index in [-0.39, 0.29) is 22.8 Å². The average Bonchev–Trinajstić information content (AvgIpc) is 3.34. The number of hydrogen-bond acceptors (Lipinski definition) is 5. The first kappa shape index (κ1) is 19.9. The van der Waals surface area contributed by atoms with Crippen LogP contribution in [0.25, 0.3) is 5.76 Å². The van der Waals surface area contributed by atoms with E-state index in [4.69, 9.17) is 9.15 Å². The van der Waals surface area contributed by atoms with E-state index >= 15 is 0 Å². The minimum Gasteiger partial charge on any atom is -0.507 e. The molecule has 1 aliphatic heterocycles. The van der Waals surface area contributed by atoms with Crippen LogP contribution in [0.15, 0.2) is 75.3 Å². The van der Waals surface area contributed by atoms with Gasteiger partial charge in [-0.1, -0.05) is 6.07 Å². The molecular weight excluding hydrogens is 457 g/mol. The number of aliphatic hydroxyl groups excluding tert-OH is 1. The first-order valence-electron chi connectivity index (χ1n) is 8.86. The van der Waals surface area contributed by atoms with Crippen LogP contribution >= 0.6 is 15.9 Å². The Morgan fingerprint density at radius 3 is 2.60 bits per heavy atom. The number of hydrogen-bond donors (Lipinski definition) is 1. The molecule has 1 aromatic heterocycles. The number of halogens is 2. The minimum atomic E-state index is -1.05. The van der Waals surface area contributed by atoms with Crippen molar-refractivity contribution in [3.63, 3.8) is 0 Å². The highest BCUT2D eigenvalue weighted by molar-refractivity contribution is 9.10. The zero-order chi connectivity index (χ0) is 21.4. The molecule has 8 heteroatoms. The number of rotatable bonds is 4. The lowest BCUT2D eigenvalue weighted by Crippen LogP contribution is -2.29. The standard InChI is InChI=1S/C22H15BrFNO5/c1-29-16-8-7-12(10-15(16)23)20(26)18-19(17-6-3-9-30-17)25(22(28)21(18)27)14-5-2-4-13(24)11-14/h2-11,19,26H,1H3/b20-18-. The van der Waals surface area contributed by atoms with E-state index < -0.39 is 23.5 Å². The van der Waals surface area contributed by atoms with Crippen LogP contribution < -0.4 is 9.64 Å². The molecule has 0 saturated carbocycles. The largest absolute Gasteiger partial charge is 0.507 e. The van der Waals surface area contributed by atoms with Gasteiger partial charge < -0.3 is 14.3 Å². The summed E-state index contributed by atoms with van der Waals surface area (Å²) in [5.41, 5.74) is 0.321. The quantitative estimate of drug-likeness (QED) is 0.335. The minimum absolute atomic E-state index is 0.156. The molecule has 0 spiro atoms. The number of benzene rings is 2. The van der Waals surface area contributed by atoms with Crippen LogP contribution in [0.1, 0.15) is 17.4 Å². The molecule has 3 aromatic rings. The van der Waals surface area contributed by atoms with E-state index in [1.807, 2.05) is 0 Å². The summed E-state index contributed by atoms with van der Waals surface area (Å²) in [7, 11) is 1.50. The average molecular weight is 472 g/mol. The molecule has 2 aromatic carbocycles. The lowest BCUT2D eigenvalue weighted by molar-refractivity contribution is -0.132. The fraction of sp³-hybridized carbons (Fsp3) is 0.0909. The predicted molar refractivity (Wildman–Crippen MR) is 111 cm³/mol. The lowest BCUT2D eigenvalue weighted by atomic mass is 9.99. The van der Waals surface area contributed by atoms with Gasteiger partial charge in [0.2, 0.25) is 0 Å². The molecular formula is C22H15BrFNO5. The Hall–Kier alpha value is -3.39. The van der Waals surface area contributed by atoms with Crippen LogP contribution in [0, 0.1) is 5.82 Å². The third-order valence-corrected chi connectivity index (χ3v) is 5.39. The molecule has 0 aliphatic carbocycles. The van der Waals surface area contributed by atoms with Crippen molar-refractivity contribution in [2.75, 3.05) is 12.0 Å². The van der Waals surface area contributed by atoms with Crippen LogP contribution in [0.3, 0.4) is 0 Å². The molecule has 30 heavy (non-hydrogen) atoms. The Morgan fingerprint density at radius 2 is 1.97 bits per heavy atom. The van der Waals surface area contributed by atoms with E-state index in [2.05, 4.69) is 15.9 Å². The molecule has 6 nitrogen and oxygen atoms in total. The maximum atomic E-state index is 13.8. The zero-order valence-corrected chi connectivity index (χ0v) is 17.2. The second-order valence-electron chi connectivity index (χ2n) is 6.51. The molecule has 1 saturated heterocycles. The predicted octanol–water partition coefficient (Wildman–Crippen LogP) is 4.82. The summed E-state index contributed by atoms with van der Waals surface area (Å²) < 4.78 is 25.0. The van der Waals surface area contributed by atoms with Crippen LogP contribution in [0.4, 0.5) is 10.1 Å². The van der Waals surface area contributed by atoms with Gasteiger partial charge in [-0.25, -0.2) is 4.39 Å². The molecule has 0 radical (unpaired) electrons. The molecule has 2 heterocycles. The van der Waals surface area contributed by atoms with E-state index in [1.54, 1.807) is 30.3 Å². The lowest BCUT2D eigenvalue weighted by Gasteiger charge is -2.23. The van der Waals surface area contributed by atoms with Crippen molar-refractivity contribution in [3.8, 4) is 5.75 Å². The molecule has 0 bridgehead atoms. The van der Waals surface area contributed by atoms with Crippen LogP contribution in [-0.4, -0.2) is 23.9 Å². The number of Topliss-reactive ketones (excluding diaryl/α,β-unsaturated/α-hetero) is 1. The van der Waals surface area contributed by atoms with Crippen molar-refractivity contribution in [2.24, 2.45) is 0 Å². The van der Waals surface area contributed by atoms with Gasteiger partial charge in [-0.05, 0) is 64.5 Å². The van der Waals surface area contributed by atoms with E-state index in [9.17, 15) is 19.1 Å². The van der Waals surface area contributed by atoms with Crippen LogP contribution in [0.5, 0.6) is 5.75 Å². The summed E-state index contributed by atoms with van der Waals surface area (Å²) >= 11 is 3.34. The summed E-state index contributed by atoms with van der Waals surface area (Å²) in [6, 6.07) is 12.2. The van der Waals surface area contributed by atoms with Crippen molar-refractivity contribution < 1.29 is 28.2 Å². The summed E-state index contributed by atoms with van der Waals surface area (Å²) in [5, 5.41) is 11.0. The summed E-state index contributed by atoms with van der Waals surface area (Å²) in [6.07, 6.45) is 1.39. The van der Waals surface area contributed by atoms with E-state index in [1.165, 1.54) is 31.6 Å². The van der Waals surface area contributed by atoms with Crippen molar-refractivity contribution in [3.05, 3.63) is 88.0 Å². The molecule has 1 aliphatic rings. The third kappa shape index (κ3) is 3.29. The Kier molecular flexibility index (Phi) is 5.17. The number of amides is 1. The van der Waals surface area contributed by atoms with Gasteiger partial charge >= 0.3 is 0 Å². The van der Waals surface area contributed by atoms with E-state index in [0.717, 1.165) is 11.0 Å². The number of aliphatic hydroxyl groups is 1. The van der Waals surface area contributed by atoms with Gasteiger partial charge in [0.05, 0.1) is 23.4 Å². The van der Waals surface area contributed by atoms with Gasteiger partial charge in [-0.2, -0.15) is 0 Å². The molecule has 1 N–H and O–H groups in total. The summed E-state index contributed by atoms with van der Waals surface area (Å²) in [4.78, 5) is 26.9. The molecule has 1 atom stereocenters. The van der Waals surface area contributed by atoms with Gasteiger partial charge in [0.25, 0.3) is 11.7 Å². The Bertz CT molecular complexity index is 1170. The zero-order valence-electron chi connectivity index (χ0n) is 15.6. The number of ketones is 1. The first-order valence-corrected chi connectivity index (χ1v) is 9.65.